The van der Waals surface area contributed by atoms with Crippen LogP contribution in [0.15, 0.2) is 12.4 Å². The lowest BCUT2D eigenvalue weighted by atomic mass is 10.4. The van der Waals surface area contributed by atoms with E-state index in [4.69, 9.17) is 22.7 Å². The topological polar surface area (TPSA) is 93.5 Å². The van der Waals surface area contributed by atoms with E-state index in [2.05, 4.69) is 15.1 Å². The standard InChI is InChI=1S/C10H11ClN6/c1-5-9(11)6(2)17(16-5)8-4-14-7(3-15-8)10(12)13/h3-4H,1-2H3,(H3,12,13). The van der Waals surface area contributed by atoms with Crippen molar-refractivity contribution in [3.63, 3.8) is 0 Å². The van der Waals surface area contributed by atoms with E-state index in [9.17, 15) is 0 Å². The molecule has 0 amide bonds. The number of rotatable bonds is 2. The second-order valence-corrected chi connectivity index (χ2v) is 3.95. The number of nitrogens with one attached hydrogen (secondary N) is 1. The summed E-state index contributed by atoms with van der Waals surface area (Å²) in [4.78, 5) is 8.16. The Morgan fingerprint density at radius 1 is 1.35 bits per heavy atom. The molecule has 0 spiro atoms. The van der Waals surface area contributed by atoms with Crippen LogP contribution in [-0.2, 0) is 0 Å². The number of nitrogens with two attached hydrogens (primary N) is 1. The number of aryl methyl sites for hydroxylation is 1. The van der Waals surface area contributed by atoms with Crippen LogP contribution < -0.4 is 5.73 Å². The minimum absolute atomic E-state index is 0.115. The van der Waals surface area contributed by atoms with Gasteiger partial charge in [-0.05, 0) is 13.8 Å². The van der Waals surface area contributed by atoms with Crippen molar-refractivity contribution in [3.05, 3.63) is 34.5 Å². The van der Waals surface area contributed by atoms with E-state index >= 15 is 0 Å². The van der Waals surface area contributed by atoms with Gasteiger partial charge in [0.15, 0.2) is 5.82 Å². The van der Waals surface area contributed by atoms with Gasteiger partial charge in [0.2, 0.25) is 0 Å². The van der Waals surface area contributed by atoms with Gasteiger partial charge < -0.3 is 5.73 Å². The van der Waals surface area contributed by atoms with Gasteiger partial charge in [-0.2, -0.15) is 5.10 Å². The summed E-state index contributed by atoms with van der Waals surface area (Å²) in [6.07, 6.45) is 2.94. The van der Waals surface area contributed by atoms with Gasteiger partial charge in [-0.3, -0.25) is 5.41 Å². The maximum Gasteiger partial charge on any atom is 0.172 e. The number of hydrogen-bond donors (Lipinski definition) is 2. The summed E-state index contributed by atoms with van der Waals surface area (Å²) in [7, 11) is 0. The third kappa shape index (κ3) is 1.99. The van der Waals surface area contributed by atoms with E-state index in [0.717, 1.165) is 11.4 Å². The molecule has 3 N–H and O–H groups in total. The fourth-order valence-electron chi connectivity index (χ4n) is 1.42. The summed E-state index contributed by atoms with van der Waals surface area (Å²) in [6, 6.07) is 0. The molecule has 88 valence electrons. The van der Waals surface area contributed by atoms with Crippen LogP contribution in [-0.4, -0.2) is 25.6 Å². The molecule has 0 aliphatic rings. The Labute approximate surface area is 103 Å². The van der Waals surface area contributed by atoms with Crippen molar-refractivity contribution < 1.29 is 0 Å². The SMILES string of the molecule is Cc1nn(-c2cnc(C(=N)N)cn2)c(C)c1Cl. The molecule has 2 heterocycles. The van der Waals surface area contributed by atoms with Crippen molar-refractivity contribution in [3.8, 4) is 5.82 Å². The van der Waals surface area contributed by atoms with E-state index in [1.54, 1.807) is 4.68 Å². The van der Waals surface area contributed by atoms with Crippen molar-refractivity contribution in [2.45, 2.75) is 13.8 Å². The quantitative estimate of drug-likeness (QED) is 0.619. The van der Waals surface area contributed by atoms with Gasteiger partial charge in [0, 0.05) is 0 Å². The molecule has 2 aromatic rings. The third-order valence-electron chi connectivity index (χ3n) is 2.33. The average molecular weight is 251 g/mol. The van der Waals surface area contributed by atoms with Crippen LogP contribution in [0.1, 0.15) is 17.1 Å². The second-order valence-electron chi connectivity index (χ2n) is 3.57. The first kappa shape index (κ1) is 11.5. The predicted molar refractivity (Wildman–Crippen MR) is 64.7 cm³/mol. The zero-order valence-electron chi connectivity index (χ0n) is 9.40. The Balaban J connectivity index is 2.47. The number of nitrogens with zero attached hydrogens (tertiary/aromatic N) is 4. The molecule has 6 nitrogen and oxygen atoms in total. The molecule has 17 heavy (non-hydrogen) atoms. The molecule has 0 saturated carbocycles. The lowest BCUT2D eigenvalue weighted by molar-refractivity contribution is 0.798. The van der Waals surface area contributed by atoms with Gasteiger partial charge in [0.05, 0.1) is 28.8 Å². The summed E-state index contributed by atoms with van der Waals surface area (Å²) in [5.74, 6) is 0.429. The molecule has 0 atom stereocenters. The first-order valence-electron chi connectivity index (χ1n) is 4.89. The van der Waals surface area contributed by atoms with Crippen molar-refractivity contribution in [2.24, 2.45) is 5.73 Å². The Hall–Kier alpha value is -1.95. The smallest absolute Gasteiger partial charge is 0.172 e. The Morgan fingerprint density at radius 3 is 2.47 bits per heavy atom. The van der Waals surface area contributed by atoms with Gasteiger partial charge >= 0.3 is 0 Å². The largest absolute Gasteiger partial charge is 0.382 e. The van der Waals surface area contributed by atoms with E-state index in [0.29, 0.717) is 16.5 Å². The Morgan fingerprint density at radius 2 is 2.06 bits per heavy atom. The molecule has 0 aromatic carbocycles. The maximum atomic E-state index is 7.22. The number of aromatic nitrogens is 4. The normalized spacial score (nSPS) is 10.5. The van der Waals surface area contributed by atoms with Gasteiger partial charge in [-0.25, -0.2) is 14.6 Å². The highest BCUT2D eigenvalue weighted by atomic mass is 35.5. The highest BCUT2D eigenvalue weighted by molar-refractivity contribution is 6.31. The van der Waals surface area contributed by atoms with E-state index in [1.165, 1.54) is 12.4 Å². The minimum atomic E-state index is -0.115. The lowest BCUT2D eigenvalue weighted by Gasteiger charge is -2.03. The van der Waals surface area contributed by atoms with Gasteiger partial charge in [-0.1, -0.05) is 11.6 Å². The number of hydrogen-bond acceptors (Lipinski definition) is 4. The molecule has 2 rings (SSSR count). The van der Waals surface area contributed by atoms with Crippen molar-refractivity contribution >= 4 is 17.4 Å². The highest BCUT2D eigenvalue weighted by Gasteiger charge is 2.11. The molecule has 0 saturated heterocycles. The molecule has 0 radical (unpaired) electrons. The first-order chi connectivity index (χ1) is 8.00. The van der Waals surface area contributed by atoms with Crippen molar-refractivity contribution in [1.29, 1.82) is 5.41 Å². The predicted octanol–water partition coefficient (Wildman–Crippen LogP) is 1.22. The first-order valence-corrected chi connectivity index (χ1v) is 5.27. The molecule has 0 unspecified atom stereocenters. The van der Waals surface area contributed by atoms with Crippen molar-refractivity contribution in [2.75, 3.05) is 0 Å². The average Bonchev–Trinajstić information content (AvgIpc) is 2.57. The summed E-state index contributed by atoms with van der Waals surface area (Å²) >= 11 is 6.04. The molecule has 0 bridgehead atoms. The summed E-state index contributed by atoms with van der Waals surface area (Å²) < 4.78 is 1.61. The summed E-state index contributed by atoms with van der Waals surface area (Å²) in [6.45, 7) is 3.67. The zero-order chi connectivity index (χ0) is 12.6. The maximum absolute atomic E-state index is 7.22. The summed E-state index contributed by atoms with van der Waals surface area (Å²) in [5, 5.41) is 12.1. The van der Waals surface area contributed by atoms with Crippen molar-refractivity contribution in [1.82, 2.24) is 19.7 Å². The van der Waals surface area contributed by atoms with Crippen LogP contribution in [0.4, 0.5) is 0 Å². The van der Waals surface area contributed by atoms with E-state index in [1.807, 2.05) is 13.8 Å². The van der Waals surface area contributed by atoms with Crippen LogP contribution in [0.25, 0.3) is 5.82 Å². The molecule has 0 aliphatic carbocycles. The summed E-state index contributed by atoms with van der Waals surface area (Å²) in [5.41, 5.74) is 7.17. The molecule has 0 aliphatic heterocycles. The van der Waals surface area contributed by atoms with Gasteiger partial charge in [0.25, 0.3) is 0 Å². The fraction of sp³-hybridized carbons (Fsp3) is 0.200. The highest BCUT2D eigenvalue weighted by Crippen LogP contribution is 2.20. The van der Waals surface area contributed by atoms with Crippen LogP contribution in [0.3, 0.4) is 0 Å². The minimum Gasteiger partial charge on any atom is -0.382 e. The molecular formula is C10H11ClN6. The Kier molecular flexibility index (Phi) is 2.81. The molecular weight excluding hydrogens is 240 g/mol. The van der Waals surface area contributed by atoms with Crippen LogP contribution in [0, 0.1) is 19.3 Å². The second kappa shape index (κ2) is 4.14. The number of amidine groups is 1. The van der Waals surface area contributed by atoms with Crippen LogP contribution >= 0.6 is 11.6 Å². The fourth-order valence-corrected chi connectivity index (χ4v) is 1.53. The molecule has 7 heteroatoms. The van der Waals surface area contributed by atoms with E-state index < -0.39 is 0 Å². The number of halogens is 1. The zero-order valence-corrected chi connectivity index (χ0v) is 10.2. The van der Waals surface area contributed by atoms with Crippen LogP contribution in [0.2, 0.25) is 5.02 Å². The lowest BCUT2D eigenvalue weighted by Crippen LogP contribution is -2.14. The van der Waals surface area contributed by atoms with Gasteiger partial charge in [0.1, 0.15) is 11.5 Å². The number of nitrogen functional groups attached to an aromatic ring is 1. The monoisotopic (exact) mass is 250 g/mol. The van der Waals surface area contributed by atoms with E-state index in [-0.39, 0.29) is 5.84 Å². The molecule has 0 fully saturated rings. The van der Waals surface area contributed by atoms with Gasteiger partial charge in [-0.15, -0.1) is 0 Å². The third-order valence-corrected chi connectivity index (χ3v) is 2.88. The Bertz CT molecular complexity index is 571. The molecule has 2 aromatic heterocycles. The van der Waals surface area contributed by atoms with Crippen LogP contribution in [0.5, 0.6) is 0 Å².